The smallest absolute Gasteiger partial charge is 0.408 e. The molecule has 98 valence electrons. The Labute approximate surface area is 109 Å². The molecule has 2 aromatic heterocycles. The molecule has 1 aromatic carbocycles. The molecule has 0 bridgehead atoms. The minimum Gasteiger partial charge on any atom is -0.408 e. The first kappa shape index (κ1) is 11.6. The lowest BCUT2D eigenvalue weighted by Crippen LogP contribution is -2.11. The average molecular weight is 258 g/mol. The van der Waals surface area contributed by atoms with Crippen molar-refractivity contribution in [2.45, 2.75) is 13.0 Å². The van der Waals surface area contributed by atoms with Gasteiger partial charge in [0, 0.05) is 25.1 Å². The van der Waals surface area contributed by atoms with Crippen LogP contribution in [0.1, 0.15) is 18.8 Å². The van der Waals surface area contributed by atoms with Gasteiger partial charge in [0.05, 0.1) is 11.6 Å². The van der Waals surface area contributed by atoms with Crippen LogP contribution in [0.15, 0.2) is 39.8 Å². The molecule has 19 heavy (non-hydrogen) atoms. The van der Waals surface area contributed by atoms with E-state index in [1.54, 1.807) is 12.3 Å². The van der Waals surface area contributed by atoms with Gasteiger partial charge >= 0.3 is 5.76 Å². The molecule has 0 aliphatic rings. The number of rotatable bonds is 3. The molecule has 0 saturated heterocycles. The zero-order valence-corrected chi connectivity index (χ0v) is 10.7. The fourth-order valence-corrected chi connectivity index (χ4v) is 2.15. The summed E-state index contributed by atoms with van der Waals surface area (Å²) in [6, 6.07) is 5.55. The fourth-order valence-electron chi connectivity index (χ4n) is 2.15. The number of hydrogen-bond acceptors (Lipinski definition) is 4. The third-order valence-electron chi connectivity index (χ3n) is 3.05. The molecule has 2 heterocycles. The summed E-state index contributed by atoms with van der Waals surface area (Å²) < 4.78 is 6.93. The Kier molecular flexibility index (Phi) is 2.63. The summed E-state index contributed by atoms with van der Waals surface area (Å²) in [5, 5.41) is 3.34. The summed E-state index contributed by atoms with van der Waals surface area (Å²) in [4.78, 5) is 18.0. The molecule has 1 unspecified atom stereocenters. The van der Waals surface area contributed by atoms with Crippen LogP contribution in [0.5, 0.6) is 0 Å². The number of benzene rings is 1. The lowest BCUT2D eigenvalue weighted by atomic mass is 10.2. The van der Waals surface area contributed by atoms with Gasteiger partial charge < -0.3 is 14.3 Å². The Morgan fingerprint density at radius 2 is 2.32 bits per heavy atom. The van der Waals surface area contributed by atoms with Crippen molar-refractivity contribution < 1.29 is 4.42 Å². The molecule has 6 nitrogen and oxygen atoms in total. The molecule has 0 fully saturated rings. The first-order chi connectivity index (χ1) is 9.13. The highest BCUT2D eigenvalue weighted by atomic mass is 16.4. The summed E-state index contributed by atoms with van der Waals surface area (Å²) in [6.45, 7) is 2.03. The molecule has 1 atom stereocenters. The highest BCUT2D eigenvalue weighted by Gasteiger charge is 2.10. The van der Waals surface area contributed by atoms with E-state index >= 15 is 0 Å². The van der Waals surface area contributed by atoms with Crippen LogP contribution in [0.3, 0.4) is 0 Å². The van der Waals surface area contributed by atoms with Crippen LogP contribution in [0.25, 0.3) is 11.1 Å². The number of aryl methyl sites for hydroxylation is 1. The molecule has 0 aliphatic carbocycles. The normalized spacial score (nSPS) is 12.7. The third-order valence-corrected chi connectivity index (χ3v) is 3.05. The van der Waals surface area contributed by atoms with E-state index in [1.807, 2.05) is 36.9 Å². The largest absolute Gasteiger partial charge is 0.417 e. The molecule has 6 heteroatoms. The Balaban J connectivity index is 1.88. The van der Waals surface area contributed by atoms with Crippen LogP contribution in [-0.4, -0.2) is 14.5 Å². The number of fused-ring (bicyclic) bond motifs is 1. The second-order valence-corrected chi connectivity index (χ2v) is 4.49. The second kappa shape index (κ2) is 4.31. The van der Waals surface area contributed by atoms with E-state index in [9.17, 15) is 4.79 Å². The van der Waals surface area contributed by atoms with Crippen LogP contribution >= 0.6 is 0 Å². The monoisotopic (exact) mass is 258 g/mol. The quantitative estimate of drug-likeness (QED) is 0.753. The maximum Gasteiger partial charge on any atom is 0.417 e. The number of nitrogens with zero attached hydrogens (tertiary/aromatic N) is 2. The van der Waals surface area contributed by atoms with Crippen LogP contribution in [-0.2, 0) is 7.05 Å². The van der Waals surface area contributed by atoms with Crippen molar-refractivity contribution in [3.05, 3.63) is 47.0 Å². The summed E-state index contributed by atoms with van der Waals surface area (Å²) in [7, 11) is 1.96. The van der Waals surface area contributed by atoms with Gasteiger partial charge in [-0.05, 0) is 25.1 Å². The summed E-state index contributed by atoms with van der Waals surface area (Å²) in [5.74, 6) is 0.505. The first-order valence-corrected chi connectivity index (χ1v) is 6.00. The lowest BCUT2D eigenvalue weighted by Gasteiger charge is -2.14. The molecule has 3 aromatic rings. The Morgan fingerprint density at radius 3 is 3.05 bits per heavy atom. The number of H-pyrrole nitrogens is 1. The van der Waals surface area contributed by atoms with Crippen molar-refractivity contribution in [1.29, 1.82) is 0 Å². The SMILES string of the molecule is CC(Nc1ccc2oc(=O)[nH]c2c1)c1nccn1C. The number of imidazole rings is 1. The van der Waals surface area contributed by atoms with E-state index in [1.165, 1.54) is 0 Å². The summed E-state index contributed by atoms with van der Waals surface area (Å²) in [6.07, 6.45) is 3.68. The molecule has 0 amide bonds. The van der Waals surface area contributed by atoms with Crippen molar-refractivity contribution in [1.82, 2.24) is 14.5 Å². The van der Waals surface area contributed by atoms with E-state index in [0.29, 0.717) is 11.1 Å². The molecule has 0 saturated carbocycles. The third kappa shape index (κ3) is 2.12. The predicted octanol–water partition coefficient (Wildman–Crippen LogP) is 2.03. The number of aromatic amines is 1. The van der Waals surface area contributed by atoms with Crippen LogP contribution in [0, 0.1) is 0 Å². The molecule has 0 radical (unpaired) electrons. The first-order valence-electron chi connectivity index (χ1n) is 6.00. The van der Waals surface area contributed by atoms with Gasteiger partial charge in [-0.25, -0.2) is 9.78 Å². The van der Waals surface area contributed by atoms with Gasteiger partial charge in [-0.2, -0.15) is 0 Å². The van der Waals surface area contributed by atoms with Crippen molar-refractivity contribution in [2.75, 3.05) is 5.32 Å². The highest BCUT2D eigenvalue weighted by molar-refractivity contribution is 5.76. The summed E-state index contributed by atoms with van der Waals surface area (Å²) >= 11 is 0. The highest BCUT2D eigenvalue weighted by Crippen LogP contribution is 2.21. The molecule has 0 spiro atoms. The van der Waals surface area contributed by atoms with Crippen LogP contribution in [0.2, 0.25) is 0 Å². The van der Waals surface area contributed by atoms with Crippen molar-refractivity contribution in [3.8, 4) is 0 Å². The molecular formula is C13H14N4O2. The van der Waals surface area contributed by atoms with Gasteiger partial charge in [0.25, 0.3) is 0 Å². The van der Waals surface area contributed by atoms with Gasteiger partial charge in [0.2, 0.25) is 0 Å². The maximum atomic E-state index is 11.1. The van der Waals surface area contributed by atoms with E-state index < -0.39 is 5.76 Å². The Hall–Kier alpha value is -2.50. The van der Waals surface area contributed by atoms with Crippen LogP contribution in [0.4, 0.5) is 5.69 Å². The molecular weight excluding hydrogens is 244 g/mol. The lowest BCUT2D eigenvalue weighted by molar-refractivity contribution is 0.555. The number of hydrogen-bond donors (Lipinski definition) is 2. The zero-order chi connectivity index (χ0) is 13.4. The van der Waals surface area contributed by atoms with E-state index in [0.717, 1.165) is 11.5 Å². The number of oxazole rings is 1. The molecule has 0 aliphatic heterocycles. The van der Waals surface area contributed by atoms with E-state index in [2.05, 4.69) is 15.3 Å². The Bertz CT molecular complexity index is 768. The van der Waals surface area contributed by atoms with E-state index in [4.69, 9.17) is 4.42 Å². The summed E-state index contributed by atoms with van der Waals surface area (Å²) in [5.41, 5.74) is 2.14. The van der Waals surface area contributed by atoms with Crippen molar-refractivity contribution in [3.63, 3.8) is 0 Å². The molecule has 2 N–H and O–H groups in total. The van der Waals surface area contributed by atoms with Gasteiger partial charge in [0.15, 0.2) is 5.58 Å². The number of anilines is 1. The Morgan fingerprint density at radius 1 is 1.47 bits per heavy atom. The number of aromatic nitrogens is 3. The minimum absolute atomic E-state index is 0.0658. The maximum absolute atomic E-state index is 11.1. The fraction of sp³-hybridized carbons (Fsp3) is 0.231. The molecule has 3 rings (SSSR count). The predicted molar refractivity (Wildman–Crippen MR) is 72.1 cm³/mol. The van der Waals surface area contributed by atoms with E-state index in [-0.39, 0.29) is 6.04 Å². The topological polar surface area (TPSA) is 75.8 Å². The van der Waals surface area contributed by atoms with Crippen LogP contribution < -0.4 is 11.1 Å². The van der Waals surface area contributed by atoms with Gasteiger partial charge in [0.1, 0.15) is 5.82 Å². The second-order valence-electron chi connectivity index (χ2n) is 4.49. The number of nitrogens with one attached hydrogen (secondary N) is 2. The van der Waals surface area contributed by atoms with Gasteiger partial charge in [-0.1, -0.05) is 0 Å². The minimum atomic E-state index is -0.440. The standard InChI is InChI=1S/C13H14N4O2/c1-8(12-14-5-6-17(12)2)15-9-3-4-11-10(7-9)16-13(18)19-11/h3-8,15H,1-2H3,(H,16,18). The van der Waals surface area contributed by atoms with Crippen molar-refractivity contribution >= 4 is 16.8 Å². The zero-order valence-electron chi connectivity index (χ0n) is 10.7. The van der Waals surface area contributed by atoms with Gasteiger partial charge in [-0.15, -0.1) is 0 Å². The average Bonchev–Trinajstić information content (AvgIpc) is 2.93. The van der Waals surface area contributed by atoms with Gasteiger partial charge in [-0.3, -0.25) is 4.98 Å². The van der Waals surface area contributed by atoms with Crippen molar-refractivity contribution in [2.24, 2.45) is 7.05 Å².